The topological polar surface area (TPSA) is 89.9 Å². The summed E-state index contributed by atoms with van der Waals surface area (Å²) in [5.74, 6) is -0.444. The summed E-state index contributed by atoms with van der Waals surface area (Å²) in [6.07, 6.45) is 0.329. The molecular weight excluding hydrogens is 424 g/mol. The lowest BCUT2D eigenvalue weighted by Crippen LogP contribution is -2.42. The van der Waals surface area contributed by atoms with Gasteiger partial charge in [-0.05, 0) is 56.3 Å². The maximum atomic E-state index is 12.3. The van der Waals surface area contributed by atoms with Crippen LogP contribution in [-0.4, -0.2) is 58.6 Å². The van der Waals surface area contributed by atoms with E-state index in [1.807, 2.05) is 31.2 Å². The number of Topliss-reactive ketones (excluding diaryl/α,β-unsaturated/α-hetero) is 1. The van der Waals surface area contributed by atoms with Crippen LogP contribution >= 0.6 is 15.9 Å². The summed E-state index contributed by atoms with van der Waals surface area (Å²) in [4.78, 5) is 26.6. The summed E-state index contributed by atoms with van der Waals surface area (Å²) in [6.45, 7) is 5.85. The lowest BCUT2D eigenvalue weighted by molar-refractivity contribution is -0.138. The number of aliphatic hydroxyl groups is 2. The van der Waals surface area contributed by atoms with Crippen molar-refractivity contribution in [1.82, 2.24) is 10.2 Å². The third kappa shape index (κ3) is 7.62. The van der Waals surface area contributed by atoms with Crippen LogP contribution in [0.4, 0.5) is 0 Å². The SMILES string of the molecule is CCCN(CC1CC1)C[C@H](O)C(=O)C[C@@H](O)C(=O)N[C@@H](C)c1ccc(Br)cc1. The molecule has 0 unspecified atom stereocenters. The molecule has 7 heteroatoms. The Balaban J connectivity index is 1.80. The van der Waals surface area contributed by atoms with Gasteiger partial charge in [0, 0.05) is 24.0 Å². The van der Waals surface area contributed by atoms with Gasteiger partial charge < -0.3 is 20.4 Å². The number of aliphatic hydroxyl groups excluding tert-OH is 2. The second kappa shape index (κ2) is 11.0. The first-order chi connectivity index (χ1) is 13.3. The predicted molar refractivity (Wildman–Crippen MR) is 112 cm³/mol. The number of nitrogens with zero attached hydrogens (tertiary/aromatic N) is 1. The van der Waals surface area contributed by atoms with Crippen LogP contribution in [0.3, 0.4) is 0 Å². The first-order valence-corrected chi connectivity index (χ1v) is 10.8. The first kappa shape index (κ1) is 23.0. The standard InChI is InChI=1S/C21H31BrN2O4/c1-3-10-24(12-15-4-5-15)13-20(27)18(25)11-19(26)21(28)23-14(2)16-6-8-17(22)9-7-16/h6-9,14-15,19-20,26-27H,3-5,10-13H2,1-2H3,(H,23,28)/t14-,19+,20-/m0/s1. The number of carbonyl (C=O) groups excluding carboxylic acids is 2. The van der Waals surface area contributed by atoms with E-state index in [0.717, 1.165) is 29.5 Å². The summed E-state index contributed by atoms with van der Waals surface area (Å²) < 4.78 is 0.938. The van der Waals surface area contributed by atoms with E-state index in [0.29, 0.717) is 5.92 Å². The molecule has 0 radical (unpaired) electrons. The zero-order chi connectivity index (χ0) is 20.7. The lowest BCUT2D eigenvalue weighted by atomic mass is 10.1. The summed E-state index contributed by atoms with van der Waals surface area (Å²) in [6, 6.07) is 7.20. The van der Waals surface area contributed by atoms with E-state index in [4.69, 9.17) is 0 Å². The van der Waals surface area contributed by atoms with Gasteiger partial charge in [-0.1, -0.05) is 35.0 Å². The molecule has 1 amide bonds. The third-order valence-electron chi connectivity index (χ3n) is 4.98. The Morgan fingerprint density at radius 3 is 2.43 bits per heavy atom. The molecule has 1 fully saturated rings. The molecule has 1 aliphatic rings. The van der Waals surface area contributed by atoms with Crippen molar-refractivity contribution in [3.63, 3.8) is 0 Å². The molecule has 0 bridgehead atoms. The number of hydrogen-bond donors (Lipinski definition) is 3. The van der Waals surface area contributed by atoms with Crippen molar-refractivity contribution in [2.24, 2.45) is 5.92 Å². The van der Waals surface area contributed by atoms with Gasteiger partial charge in [0.2, 0.25) is 5.91 Å². The molecule has 0 aromatic heterocycles. The van der Waals surface area contributed by atoms with Crippen molar-refractivity contribution in [1.29, 1.82) is 0 Å². The highest BCUT2D eigenvalue weighted by molar-refractivity contribution is 9.10. The Morgan fingerprint density at radius 1 is 1.21 bits per heavy atom. The number of ketones is 1. The molecule has 0 heterocycles. The molecule has 3 N–H and O–H groups in total. The summed E-state index contributed by atoms with van der Waals surface area (Å²) in [7, 11) is 0. The quantitative estimate of drug-likeness (QED) is 0.451. The van der Waals surface area contributed by atoms with Gasteiger partial charge in [0.25, 0.3) is 0 Å². The second-order valence-electron chi connectivity index (χ2n) is 7.69. The van der Waals surface area contributed by atoms with Gasteiger partial charge in [0.05, 0.1) is 6.04 Å². The fourth-order valence-corrected chi connectivity index (χ4v) is 3.41. The number of hydrogen-bond acceptors (Lipinski definition) is 5. The van der Waals surface area contributed by atoms with E-state index in [1.165, 1.54) is 12.8 Å². The van der Waals surface area contributed by atoms with Crippen molar-refractivity contribution < 1.29 is 19.8 Å². The molecule has 1 saturated carbocycles. The highest BCUT2D eigenvalue weighted by atomic mass is 79.9. The van der Waals surface area contributed by atoms with Gasteiger partial charge in [-0.3, -0.25) is 9.59 Å². The van der Waals surface area contributed by atoms with Crippen molar-refractivity contribution in [3.8, 4) is 0 Å². The Labute approximate surface area is 175 Å². The minimum absolute atomic E-state index is 0.257. The van der Waals surface area contributed by atoms with Gasteiger partial charge in [0.1, 0.15) is 12.2 Å². The number of rotatable bonds is 12. The minimum Gasteiger partial charge on any atom is -0.384 e. The fourth-order valence-electron chi connectivity index (χ4n) is 3.15. The largest absolute Gasteiger partial charge is 0.384 e. The van der Waals surface area contributed by atoms with E-state index in [2.05, 4.69) is 33.1 Å². The molecular formula is C21H31BrN2O4. The zero-order valence-corrected chi connectivity index (χ0v) is 18.2. The molecule has 156 valence electrons. The van der Waals surface area contributed by atoms with Gasteiger partial charge in [-0.2, -0.15) is 0 Å². The van der Waals surface area contributed by atoms with E-state index in [9.17, 15) is 19.8 Å². The van der Waals surface area contributed by atoms with Crippen LogP contribution in [0.1, 0.15) is 51.1 Å². The molecule has 0 aliphatic heterocycles. The average molecular weight is 455 g/mol. The highest BCUT2D eigenvalue weighted by Gasteiger charge is 2.28. The highest BCUT2D eigenvalue weighted by Crippen LogP contribution is 2.29. The van der Waals surface area contributed by atoms with Crippen molar-refractivity contribution in [2.45, 2.75) is 57.8 Å². The molecule has 0 spiro atoms. The maximum Gasteiger partial charge on any atom is 0.249 e. The van der Waals surface area contributed by atoms with Crippen LogP contribution in [0.2, 0.25) is 0 Å². The molecule has 28 heavy (non-hydrogen) atoms. The molecule has 1 aromatic carbocycles. The van der Waals surface area contributed by atoms with Gasteiger partial charge in [0.15, 0.2) is 5.78 Å². The lowest BCUT2D eigenvalue weighted by Gasteiger charge is -2.24. The van der Waals surface area contributed by atoms with Gasteiger partial charge >= 0.3 is 0 Å². The van der Waals surface area contributed by atoms with E-state index >= 15 is 0 Å². The summed E-state index contributed by atoms with van der Waals surface area (Å²) in [5.41, 5.74) is 0.894. The zero-order valence-electron chi connectivity index (χ0n) is 16.6. The Morgan fingerprint density at radius 2 is 1.86 bits per heavy atom. The van der Waals surface area contributed by atoms with Crippen LogP contribution in [0.5, 0.6) is 0 Å². The first-order valence-electron chi connectivity index (χ1n) is 9.97. The van der Waals surface area contributed by atoms with Crippen LogP contribution in [0.25, 0.3) is 0 Å². The van der Waals surface area contributed by atoms with Gasteiger partial charge in [-0.25, -0.2) is 0 Å². The molecule has 2 rings (SSSR count). The number of benzene rings is 1. The Hall–Kier alpha value is -1.28. The van der Waals surface area contributed by atoms with Gasteiger partial charge in [-0.15, -0.1) is 0 Å². The molecule has 0 saturated heterocycles. The maximum absolute atomic E-state index is 12.3. The van der Waals surface area contributed by atoms with Crippen LogP contribution in [0, 0.1) is 5.92 Å². The molecule has 6 nitrogen and oxygen atoms in total. The van der Waals surface area contributed by atoms with Crippen LogP contribution < -0.4 is 5.32 Å². The minimum atomic E-state index is -1.47. The third-order valence-corrected chi connectivity index (χ3v) is 5.51. The number of nitrogens with one attached hydrogen (secondary N) is 1. The Kier molecular flexibility index (Phi) is 9.08. The van der Waals surface area contributed by atoms with E-state index in [1.54, 1.807) is 0 Å². The van der Waals surface area contributed by atoms with Crippen LogP contribution in [0.15, 0.2) is 28.7 Å². The monoisotopic (exact) mass is 454 g/mol. The Bertz CT molecular complexity index is 648. The number of halogens is 1. The number of carbonyl (C=O) groups is 2. The molecule has 1 aromatic rings. The average Bonchev–Trinajstić information content (AvgIpc) is 3.46. The second-order valence-corrected chi connectivity index (χ2v) is 8.60. The normalized spacial score (nSPS) is 17.2. The smallest absolute Gasteiger partial charge is 0.249 e. The van der Waals surface area contributed by atoms with Crippen molar-refractivity contribution in [3.05, 3.63) is 34.3 Å². The van der Waals surface area contributed by atoms with Crippen molar-refractivity contribution >= 4 is 27.6 Å². The van der Waals surface area contributed by atoms with E-state index in [-0.39, 0.29) is 19.0 Å². The van der Waals surface area contributed by atoms with Crippen LogP contribution in [-0.2, 0) is 9.59 Å². The molecule has 3 atom stereocenters. The molecule has 1 aliphatic carbocycles. The number of amides is 1. The fraction of sp³-hybridized carbons (Fsp3) is 0.619. The summed E-state index contributed by atoms with van der Waals surface area (Å²) in [5, 5.41) is 23.0. The predicted octanol–water partition coefficient (Wildman–Crippen LogP) is 2.43. The van der Waals surface area contributed by atoms with Crippen molar-refractivity contribution in [2.75, 3.05) is 19.6 Å². The summed E-state index contributed by atoms with van der Waals surface area (Å²) >= 11 is 3.36. The van der Waals surface area contributed by atoms with E-state index < -0.39 is 23.9 Å².